The van der Waals surface area contributed by atoms with E-state index in [0.29, 0.717) is 30.9 Å². The smallest absolute Gasteiger partial charge is 0.253 e. The molecular weight excluding hydrogens is 316 g/mol. The molecule has 1 aromatic carbocycles. The summed E-state index contributed by atoms with van der Waals surface area (Å²) >= 11 is 0. The minimum atomic E-state index is -0.0302. The number of nitrogens with zero attached hydrogens (tertiary/aromatic N) is 3. The van der Waals surface area contributed by atoms with Crippen LogP contribution in [0.3, 0.4) is 0 Å². The molecule has 0 aliphatic carbocycles. The van der Waals surface area contributed by atoms with Crippen LogP contribution in [-0.4, -0.2) is 78.9 Å². The lowest BCUT2D eigenvalue weighted by atomic mass is 10.1. The van der Waals surface area contributed by atoms with E-state index in [1.165, 1.54) is 0 Å². The average molecular weight is 346 g/mol. The van der Waals surface area contributed by atoms with E-state index < -0.39 is 0 Å². The molecule has 1 heterocycles. The Balaban J connectivity index is 1.91. The van der Waals surface area contributed by atoms with E-state index in [-0.39, 0.29) is 11.8 Å². The Morgan fingerprint density at radius 1 is 1.04 bits per heavy atom. The Kier molecular flexibility index (Phi) is 7.40. The van der Waals surface area contributed by atoms with Crippen LogP contribution in [0.4, 0.5) is 5.69 Å². The van der Waals surface area contributed by atoms with Gasteiger partial charge in [0.1, 0.15) is 0 Å². The third-order valence-electron chi connectivity index (χ3n) is 4.72. The molecule has 1 aliphatic rings. The Morgan fingerprint density at radius 3 is 2.28 bits per heavy atom. The van der Waals surface area contributed by atoms with Crippen LogP contribution in [-0.2, 0) is 4.79 Å². The van der Waals surface area contributed by atoms with Crippen molar-refractivity contribution in [3.63, 3.8) is 0 Å². The molecule has 0 unspecified atom stereocenters. The summed E-state index contributed by atoms with van der Waals surface area (Å²) < 4.78 is 0. The molecule has 138 valence electrons. The molecule has 1 aromatic rings. The fourth-order valence-corrected chi connectivity index (χ4v) is 3.09. The quantitative estimate of drug-likeness (QED) is 0.817. The standard InChI is InChI=1S/C19H30N4O2/c1-4-21-10-12-22(13-11-21)15-18(24)20-17-9-7-8-16(14-17)19(25)23(5-2)6-3/h7-9,14H,4-6,10-13,15H2,1-3H3,(H,20,24). The molecule has 1 fully saturated rings. The molecule has 2 amide bonds. The third-order valence-corrected chi connectivity index (χ3v) is 4.72. The molecule has 0 bridgehead atoms. The molecule has 0 saturated carbocycles. The lowest BCUT2D eigenvalue weighted by molar-refractivity contribution is -0.117. The highest BCUT2D eigenvalue weighted by Crippen LogP contribution is 2.13. The molecule has 6 heteroatoms. The monoisotopic (exact) mass is 346 g/mol. The summed E-state index contributed by atoms with van der Waals surface area (Å²) in [7, 11) is 0. The lowest BCUT2D eigenvalue weighted by Gasteiger charge is -2.33. The van der Waals surface area contributed by atoms with Crippen LogP contribution < -0.4 is 5.32 Å². The van der Waals surface area contributed by atoms with Gasteiger partial charge >= 0.3 is 0 Å². The number of benzene rings is 1. The first-order valence-electron chi connectivity index (χ1n) is 9.21. The van der Waals surface area contributed by atoms with Gasteiger partial charge in [-0.1, -0.05) is 13.0 Å². The molecule has 25 heavy (non-hydrogen) atoms. The highest BCUT2D eigenvalue weighted by atomic mass is 16.2. The summed E-state index contributed by atoms with van der Waals surface area (Å²) in [5.41, 5.74) is 1.29. The number of anilines is 1. The van der Waals surface area contributed by atoms with E-state index in [2.05, 4.69) is 22.0 Å². The molecule has 6 nitrogen and oxygen atoms in total. The summed E-state index contributed by atoms with van der Waals surface area (Å²) in [5, 5.41) is 2.92. The van der Waals surface area contributed by atoms with Crippen molar-refractivity contribution in [2.45, 2.75) is 20.8 Å². The minimum Gasteiger partial charge on any atom is -0.339 e. The zero-order valence-electron chi connectivity index (χ0n) is 15.6. The van der Waals surface area contributed by atoms with Crippen LogP contribution in [0.5, 0.6) is 0 Å². The molecule has 2 rings (SSSR count). The van der Waals surface area contributed by atoms with Crippen LogP contribution in [0.1, 0.15) is 31.1 Å². The van der Waals surface area contributed by atoms with Gasteiger partial charge < -0.3 is 15.1 Å². The molecule has 0 radical (unpaired) electrons. The first-order valence-corrected chi connectivity index (χ1v) is 9.21. The highest BCUT2D eigenvalue weighted by molar-refractivity contribution is 5.97. The van der Waals surface area contributed by atoms with E-state index in [0.717, 1.165) is 32.7 Å². The first-order chi connectivity index (χ1) is 12.1. The van der Waals surface area contributed by atoms with Crippen LogP contribution in [0.25, 0.3) is 0 Å². The number of nitrogens with one attached hydrogen (secondary N) is 1. The summed E-state index contributed by atoms with van der Waals surface area (Å²) in [6.45, 7) is 12.8. The molecule has 0 aromatic heterocycles. The predicted molar refractivity (Wildman–Crippen MR) is 101 cm³/mol. The highest BCUT2D eigenvalue weighted by Gasteiger charge is 2.18. The molecule has 0 atom stereocenters. The van der Waals surface area contributed by atoms with E-state index in [9.17, 15) is 9.59 Å². The van der Waals surface area contributed by atoms with Gasteiger partial charge in [0.25, 0.3) is 5.91 Å². The fourth-order valence-electron chi connectivity index (χ4n) is 3.09. The van der Waals surface area contributed by atoms with E-state index >= 15 is 0 Å². The summed E-state index contributed by atoms with van der Waals surface area (Å²) in [6, 6.07) is 7.19. The maximum atomic E-state index is 12.4. The fraction of sp³-hybridized carbons (Fsp3) is 0.579. The number of likely N-dealkylation sites (N-methyl/N-ethyl adjacent to an activating group) is 1. The number of hydrogen-bond donors (Lipinski definition) is 1. The molecular formula is C19H30N4O2. The first kappa shape index (κ1) is 19.4. The van der Waals surface area contributed by atoms with Crippen molar-refractivity contribution >= 4 is 17.5 Å². The van der Waals surface area contributed by atoms with Gasteiger partial charge in [0.15, 0.2) is 0 Å². The molecule has 1 saturated heterocycles. The SMILES string of the molecule is CCN1CCN(CC(=O)Nc2cccc(C(=O)N(CC)CC)c2)CC1. The number of amides is 2. The van der Waals surface area contributed by atoms with Gasteiger partial charge in [-0.15, -0.1) is 0 Å². The van der Waals surface area contributed by atoms with Crippen molar-refractivity contribution < 1.29 is 9.59 Å². The molecule has 0 spiro atoms. The van der Waals surface area contributed by atoms with Gasteiger partial charge in [-0.3, -0.25) is 14.5 Å². The normalized spacial score (nSPS) is 15.8. The van der Waals surface area contributed by atoms with Crippen LogP contribution in [0.15, 0.2) is 24.3 Å². The number of carbonyl (C=O) groups excluding carboxylic acids is 2. The number of hydrogen-bond acceptors (Lipinski definition) is 4. The number of carbonyl (C=O) groups is 2. The largest absolute Gasteiger partial charge is 0.339 e. The Bertz CT molecular complexity index is 579. The lowest BCUT2D eigenvalue weighted by Crippen LogP contribution is -2.48. The predicted octanol–water partition coefficient (Wildman–Crippen LogP) is 1.74. The minimum absolute atomic E-state index is 0.00298. The second-order valence-corrected chi connectivity index (χ2v) is 6.32. The summed E-state index contributed by atoms with van der Waals surface area (Å²) in [4.78, 5) is 31.0. The van der Waals surface area contributed by atoms with Crippen molar-refractivity contribution in [3.05, 3.63) is 29.8 Å². The number of piperazine rings is 1. The van der Waals surface area contributed by atoms with Crippen LogP contribution in [0, 0.1) is 0 Å². The number of rotatable bonds is 7. The van der Waals surface area contributed by atoms with Gasteiger partial charge in [-0.05, 0) is 38.6 Å². The van der Waals surface area contributed by atoms with Gasteiger partial charge in [-0.25, -0.2) is 0 Å². The Labute approximate surface area is 150 Å². The maximum Gasteiger partial charge on any atom is 0.253 e. The van der Waals surface area contributed by atoms with Gasteiger partial charge in [-0.2, -0.15) is 0 Å². The van der Waals surface area contributed by atoms with Crippen molar-refractivity contribution in [2.75, 3.05) is 57.7 Å². The van der Waals surface area contributed by atoms with Crippen molar-refractivity contribution in [2.24, 2.45) is 0 Å². The zero-order chi connectivity index (χ0) is 18.2. The van der Waals surface area contributed by atoms with Crippen LogP contribution >= 0.6 is 0 Å². The van der Waals surface area contributed by atoms with Gasteiger partial charge in [0.2, 0.25) is 5.91 Å². The van der Waals surface area contributed by atoms with Gasteiger partial charge in [0, 0.05) is 50.5 Å². The summed E-state index contributed by atoms with van der Waals surface area (Å²) in [5.74, 6) is -0.0332. The van der Waals surface area contributed by atoms with E-state index in [1.807, 2.05) is 26.0 Å². The van der Waals surface area contributed by atoms with E-state index in [4.69, 9.17) is 0 Å². The van der Waals surface area contributed by atoms with Crippen molar-refractivity contribution in [1.82, 2.24) is 14.7 Å². The Morgan fingerprint density at radius 2 is 1.68 bits per heavy atom. The molecule has 1 aliphatic heterocycles. The molecule has 1 N–H and O–H groups in total. The van der Waals surface area contributed by atoms with E-state index in [1.54, 1.807) is 17.0 Å². The van der Waals surface area contributed by atoms with Crippen LogP contribution in [0.2, 0.25) is 0 Å². The van der Waals surface area contributed by atoms with Crippen molar-refractivity contribution in [3.8, 4) is 0 Å². The van der Waals surface area contributed by atoms with Gasteiger partial charge in [0.05, 0.1) is 6.54 Å². The van der Waals surface area contributed by atoms with Crippen molar-refractivity contribution in [1.29, 1.82) is 0 Å². The maximum absolute atomic E-state index is 12.4. The topological polar surface area (TPSA) is 55.9 Å². The second-order valence-electron chi connectivity index (χ2n) is 6.32. The second kappa shape index (κ2) is 9.53. The third kappa shape index (κ3) is 5.54. The average Bonchev–Trinajstić information content (AvgIpc) is 2.63. The summed E-state index contributed by atoms with van der Waals surface area (Å²) in [6.07, 6.45) is 0. The Hall–Kier alpha value is -1.92. The zero-order valence-corrected chi connectivity index (χ0v) is 15.6.